The van der Waals surface area contributed by atoms with Gasteiger partial charge in [-0.25, -0.2) is 0 Å². The summed E-state index contributed by atoms with van der Waals surface area (Å²) in [6, 6.07) is 10.2. The number of hydrogen-bond donors (Lipinski definition) is 2. The Kier molecular flexibility index (Phi) is 6.03. The zero-order chi connectivity index (χ0) is 18.6. The summed E-state index contributed by atoms with van der Waals surface area (Å²) in [5.41, 5.74) is 0.116. The molecule has 4 heteroatoms. The number of hydrogen-bond acceptors (Lipinski definition) is 3. The average Bonchev–Trinajstić information content (AvgIpc) is 2.70. The Morgan fingerprint density at radius 1 is 1.19 bits per heavy atom. The highest BCUT2D eigenvalue weighted by atomic mass is 16.3. The van der Waals surface area contributed by atoms with Crippen LogP contribution < -0.4 is 0 Å². The van der Waals surface area contributed by atoms with Gasteiger partial charge in [-0.1, -0.05) is 62.9 Å². The second-order valence-electron chi connectivity index (χ2n) is 8.31. The molecule has 2 N–H and O–H groups in total. The average molecular weight is 360 g/mol. The van der Waals surface area contributed by atoms with Gasteiger partial charge in [-0.15, -0.1) is 0 Å². The third-order valence-electron chi connectivity index (χ3n) is 6.68. The van der Waals surface area contributed by atoms with E-state index >= 15 is 0 Å². The smallest absolute Gasteiger partial charge is 0.233 e. The normalized spacial score (nSPS) is 28.7. The molecule has 0 spiro atoms. The maximum absolute atomic E-state index is 13.8. The number of piperidine rings is 1. The van der Waals surface area contributed by atoms with Gasteiger partial charge in [-0.2, -0.15) is 0 Å². The molecular formula is C22H33NO3. The van der Waals surface area contributed by atoms with Crippen LogP contribution in [0.3, 0.4) is 0 Å². The fraction of sp³-hybridized carbons (Fsp3) is 0.682. The summed E-state index contributed by atoms with van der Waals surface area (Å²) in [5.74, 6) is 0.198. The standard InChI is InChI=1S/C22H33NO3/c1-2-12-21(17-24)16-23(15-11-19(21)25)20(26)22(13-7-4-8-14-22)18-9-5-3-6-10-18/h3,5-6,9-10,19,24-25H,2,4,7-8,11-17H2,1H3/t19-,21-/m0/s1. The molecule has 3 rings (SSSR count). The summed E-state index contributed by atoms with van der Waals surface area (Å²) < 4.78 is 0. The van der Waals surface area contributed by atoms with Crippen LogP contribution >= 0.6 is 0 Å². The monoisotopic (exact) mass is 359 g/mol. The van der Waals surface area contributed by atoms with Crippen LogP contribution in [0.15, 0.2) is 30.3 Å². The number of carbonyl (C=O) groups excluding carboxylic acids is 1. The molecule has 0 radical (unpaired) electrons. The van der Waals surface area contributed by atoms with Crippen LogP contribution in [0.1, 0.15) is 63.9 Å². The number of benzene rings is 1. The molecule has 1 heterocycles. The Hall–Kier alpha value is -1.39. The van der Waals surface area contributed by atoms with Crippen LogP contribution in [0.2, 0.25) is 0 Å². The van der Waals surface area contributed by atoms with Crippen molar-refractivity contribution in [3.05, 3.63) is 35.9 Å². The molecule has 1 saturated heterocycles. The predicted octanol–water partition coefficient (Wildman–Crippen LogP) is 3.26. The van der Waals surface area contributed by atoms with Gasteiger partial charge in [0, 0.05) is 18.5 Å². The molecule has 0 aromatic heterocycles. The lowest BCUT2D eigenvalue weighted by Gasteiger charge is -2.48. The zero-order valence-electron chi connectivity index (χ0n) is 16.0. The summed E-state index contributed by atoms with van der Waals surface area (Å²) in [6.45, 7) is 3.05. The van der Waals surface area contributed by atoms with Gasteiger partial charge in [-0.3, -0.25) is 4.79 Å². The van der Waals surface area contributed by atoms with E-state index in [1.807, 2.05) is 23.1 Å². The molecule has 144 valence electrons. The van der Waals surface area contributed by atoms with Gasteiger partial charge < -0.3 is 15.1 Å². The van der Waals surface area contributed by atoms with E-state index in [-0.39, 0.29) is 12.5 Å². The number of rotatable bonds is 5. The second kappa shape index (κ2) is 8.10. The zero-order valence-corrected chi connectivity index (χ0v) is 16.0. The largest absolute Gasteiger partial charge is 0.396 e. The topological polar surface area (TPSA) is 60.8 Å². The van der Waals surface area contributed by atoms with Crippen LogP contribution in [0.25, 0.3) is 0 Å². The van der Waals surface area contributed by atoms with Crippen LogP contribution in [0.5, 0.6) is 0 Å². The molecular weight excluding hydrogens is 326 g/mol. The van der Waals surface area contributed by atoms with E-state index in [0.717, 1.165) is 44.1 Å². The minimum absolute atomic E-state index is 0.0654. The molecule has 1 saturated carbocycles. The molecule has 0 bridgehead atoms. The van der Waals surface area contributed by atoms with Crippen molar-refractivity contribution >= 4 is 5.91 Å². The molecule has 26 heavy (non-hydrogen) atoms. The highest BCUT2D eigenvalue weighted by molar-refractivity contribution is 5.88. The van der Waals surface area contributed by atoms with Crippen molar-refractivity contribution in [2.24, 2.45) is 5.41 Å². The lowest BCUT2D eigenvalue weighted by Crippen LogP contribution is -2.59. The highest BCUT2D eigenvalue weighted by Gasteiger charge is 2.48. The molecule has 2 fully saturated rings. The second-order valence-corrected chi connectivity index (χ2v) is 8.31. The summed E-state index contributed by atoms with van der Waals surface area (Å²) in [4.78, 5) is 15.7. The molecule has 1 aromatic carbocycles. The Morgan fingerprint density at radius 2 is 1.88 bits per heavy atom. The van der Waals surface area contributed by atoms with Gasteiger partial charge in [0.2, 0.25) is 5.91 Å². The third kappa shape index (κ3) is 3.41. The Morgan fingerprint density at radius 3 is 2.50 bits per heavy atom. The SMILES string of the molecule is CCC[C@@]1(CO)CN(C(=O)C2(c3ccccc3)CCCCC2)CC[C@@H]1O. The minimum atomic E-state index is -0.574. The van der Waals surface area contributed by atoms with Crippen molar-refractivity contribution in [2.75, 3.05) is 19.7 Å². The Balaban J connectivity index is 1.90. The number of aliphatic hydroxyl groups is 2. The maximum Gasteiger partial charge on any atom is 0.233 e. The maximum atomic E-state index is 13.8. The fourth-order valence-electron chi connectivity index (χ4n) is 5.14. The number of nitrogens with zero attached hydrogens (tertiary/aromatic N) is 1. The molecule has 1 aliphatic heterocycles. The number of amides is 1. The van der Waals surface area contributed by atoms with Crippen molar-refractivity contribution in [1.29, 1.82) is 0 Å². The number of aliphatic hydroxyl groups excluding tert-OH is 2. The van der Waals surface area contributed by atoms with Crippen molar-refractivity contribution in [1.82, 2.24) is 4.90 Å². The Bertz CT molecular complexity index is 597. The summed E-state index contributed by atoms with van der Waals surface area (Å²) in [6.07, 6.45) is 6.80. The van der Waals surface area contributed by atoms with Crippen LogP contribution in [0, 0.1) is 5.41 Å². The fourth-order valence-corrected chi connectivity index (χ4v) is 5.14. The van der Waals surface area contributed by atoms with Crippen LogP contribution in [-0.2, 0) is 10.2 Å². The van der Waals surface area contributed by atoms with Gasteiger partial charge >= 0.3 is 0 Å². The first-order chi connectivity index (χ1) is 12.6. The van der Waals surface area contributed by atoms with Gasteiger partial charge in [0.1, 0.15) is 0 Å². The first-order valence-corrected chi connectivity index (χ1v) is 10.2. The molecule has 1 amide bonds. The summed E-state index contributed by atoms with van der Waals surface area (Å²) in [5, 5.41) is 20.6. The van der Waals surface area contributed by atoms with Gasteiger partial charge in [0.05, 0.1) is 18.1 Å². The van der Waals surface area contributed by atoms with E-state index in [1.165, 1.54) is 6.42 Å². The van der Waals surface area contributed by atoms with Crippen molar-refractivity contribution in [2.45, 2.75) is 69.8 Å². The van der Waals surface area contributed by atoms with Gasteiger partial charge in [-0.05, 0) is 31.2 Å². The van der Waals surface area contributed by atoms with Gasteiger partial charge in [0.25, 0.3) is 0 Å². The van der Waals surface area contributed by atoms with Crippen molar-refractivity contribution in [3.8, 4) is 0 Å². The van der Waals surface area contributed by atoms with E-state index in [0.29, 0.717) is 19.5 Å². The van der Waals surface area contributed by atoms with E-state index in [4.69, 9.17) is 0 Å². The van der Waals surface area contributed by atoms with E-state index in [1.54, 1.807) is 0 Å². The third-order valence-corrected chi connectivity index (χ3v) is 6.68. The molecule has 2 atom stereocenters. The lowest BCUT2D eigenvalue weighted by molar-refractivity contribution is -0.150. The predicted molar refractivity (Wildman–Crippen MR) is 103 cm³/mol. The highest BCUT2D eigenvalue weighted by Crippen LogP contribution is 2.43. The number of carbonyl (C=O) groups is 1. The summed E-state index contributed by atoms with van der Waals surface area (Å²) in [7, 11) is 0. The number of likely N-dealkylation sites (tertiary alicyclic amines) is 1. The minimum Gasteiger partial charge on any atom is -0.396 e. The first kappa shape index (κ1) is 19.4. The summed E-state index contributed by atoms with van der Waals surface area (Å²) >= 11 is 0. The molecule has 4 nitrogen and oxygen atoms in total. The quantitative estimate of drug-likeness (QED) is 0.848. The van der Waals surface area contributed by atoms with Crippen LogP contribution in [-0.4, -0.2) is 46.8 Å². The molecule has 1 aromatic rings. The first-order valence-electron chi connectivity index (χ1n) is 10.2. The van der Waals surface area contributed by atoms with Crippen LogP contribution in [0.4, 0.5) is 0 Å². The molecule has 1 aliphatic carbocycles. The van der Waals surface area contributed by atoms with E-state index in [2.05, 4.69) is 19.1 Å². The van der Waals surface area contributed by atoms with Gasteiger partial charge in [0.15, 0.2) is 0 Å². The lowest BCUT2D eigenvalue weighted by atomic mass is 9.67. The van der Waals surface area contributed by atoms with Crippen molar-refractivity contribution in [3.63, 3.8) is 0 Å². The van der Waals surface area contributed by atoms with E-state index in [9.17, 15) is 15.0 Å². The van der Waals surface area contributed by atoms with Crippen molar-refractivity contribution < 1.29 is 15.0 Å². The molecule has 2 aliphatic rings. The van der Waals surface area contributed by atoms with E-state index < -0.39 is 16.9 Å². The Labute approximate surface area is 157 Å². The molecule has 0 unspecified atom stereocenters.